The summed E-state index contributed by atoms with van der Waals surface area (Å²) in [6.07, 6.45) is 1.66. The van der Waals surface area contributed by atoms with Gasteiger partial charge in [-0.2, -0.15) is 5.10 Å². The first kappa shape index (κ1) is 13.2. The molecule has 0 saturated carbocycles. The van der Waals surface area contributed by atoms with E-state index in [1.165, 1.54) is 0 Å². The van der Waals surface area contributed by atoms with Gasteiger partial charge in [0.1, 0.15) is 12.2 Å². The number of aromatic nitrogens is 3. The van der Waals surface area contributed by atoms with E-state index in [2.05, 4.69) is 65.5 Å². The summed E-state index contributed by atoms with van der Waals surface area (Å²) in [5.41, 5.74) is 0.133. The molecule has 0 saturated heterocycles. The summed E-state index contributed by atoms with van der Waals surface area (Å²) < 4.78 is 2.04. The second-order valence-corrected chi connectivity index (χ2v) is 7.04. The Hall–Kier alpha value is -0.860. The lowest BCUT2D eigenvalue weighted by Crippen LogP contribution is -2.40. The highest BCUT2D eigenvalue weighted by molar-refractivity contribution is 5.10. The van der Waals surface area contributed by atoms with E-state index < -0.39 is 0 Å². The highest BCUT2D eigenvalue weighted by Crippen LogP contribution is 2.40. The minimum Gasteiger partial charge on any atom is -0.244 e. The normalized spacial score (nSPS) is 14.2. The van der Waals surface area contributed by atoms with E-state index in [1.807, 2.05) is 4.68 Å². The summed E-state index contributed by atoms with van der Waals surface area (Å²) in [5.74, 6) is 1.06. The second kappa shape index (κ2) is 3.57. The SMILES string of the molecule is CC(C)(C)n1ncnc1C(C)(C)C(C)(C)C. The van der Waals surface area contributed by atoms with Crippen molar-refractivity contribution in [1.82, 2.24) is 14.8 Å². The Morgan fingerprint density at radius 3 is 1.81 bits per heavy atom. The molecular formula is C13H25N3. The van der Waals surface area contributed by atoms with E-state index in [-0.39, 0.29) is 16.4 Å². The van der Waals surface area contributed by atoms with Crippen LogP contribution in [0.25, 0.3) is 0 Å². The molecule has 1 aromatic heterocycles. The van der Waals surface area contributed by atoms with Crippen molar-refractivity contribution in [2.24, 2.45) is 5.41 Å². The summed E-state index contributed by atoms with van der Waals surface area (Å²) in [6, 6.07) is 0. The summed E-state index contributed by atoms with van der Waals surface area (Å²) in [5, 5.41) is 4.37. The van der Waals surface area contributed by atoms with E-state index in [0.29, 0.717) is 0 Å². The largest absolute Gasteiger partial charge is 0.244 e. The van der Waals surface area contributed by atoms with E-state index in [4.69, 9.17) is 0 Å². The first-order valence-electron chi connectivity index (χ1n) is 5.89. The molecule has 0 aliphatic rings. The molecule has 0 N–H and O–H groups in total. The van der Waals surface area contributed by atoms with Crippen molar-refractivity contribution >= 4 is 0 Å². The Bertz CT molecular complexity index is 361. The van der Waals surface area contributed by atoms with Gasteiger partial charge in [0.2, 0.25) is 0 Å². The lowest BCUT2D eigenvalue weighted by atomic mass is 9.68. The van der Waals surface area contributed by atoms with Crippen LogP contribution in [0.2, 0.25) is 0 Å². The average Bonchev–Trinajstić information content (AvgIpc) is 2.47. The highest BCUT2D eigenvalue weighted by Gasteiger charge is 2.39. The Balaban J connectivity index is 3.31. The van der Waals surface area contributed by atoms with E-state index in [1.54, 1.807) is 6.33 Å². The standard InChI is InChI=1S/C13H25N3/c1-11(2,3)13(7,8)10-14-9-15-16(10)12(4,5)6/h9H,1-8H3. The molecule has 0 fully saturated rings. The minimum atomic E-state index is -0.0195. The zero-order valence-corrected chi connectivity index (χ0v) is 11.9. The molecule has 0 bridgehead atoms. The van der Waals surface area contributed by atoms with Gasteiger partial charge in [-0.05, 0) is 26.2 Å². The monoisotopic (exact) mass is 223 g/mol. The molecule has 0 spiro atoms. The zero-order chi connectivity index (χ0) is 12.8. The first-order valence-corrected chi connectivity index (χ1v) is 5.89. The summed E-state index contributed by atoms with van der Waals surface area (Å²) in [6.45, 7) is 17.7. The van der Waals surface area contributed by atoms with Gasteiger partial charge in [-0.3, -0.25) is 0 Å². The van der Waals surface area contributed by atoms with Crippen LogP contribution in [0.4, 0.5) is 0 Å². The van der Waals surface area contributed by atoms with Crippen molar-refractivity contribution in [3.8, 4) is 0 Å². The molecule has 92 valence electrons. The van der Waals surface area contributed by atoms with Crippen LogP contribution in [-0.4, -0.2) is 14.8 Å². The molecule has 0 aliphatic heterocycles. The lowest BCUT2D eigenvalue weighted by Gasteiger charge is -2.39. The van der Waals surface area contributed by atoms with Crippen molar-refractivity contribution in [2.45, 2.75) is 66.3 Å². The number of rotatable bonds is 1. The quantitative estimate of drug-likeness (QED) is 0.731. The molecule has 1 rings (SSSR count). The maximum atomic E-state index is 4.47. The van der Waals surface area contributed by atoms with Gasteiger partial charge in [0, 0.05) is 5.41 Å². The third kappa shape index (κ3) is 2.13. The molecule has 1 heterocycles. The van der Waals surface area contributed by atoms with Gasteiger partial charge in [-0.25, -0.2) is 9.67 Å². The smallest absolute Gasteiger partial charge is 0.138 e. The predicted molar refractivity (Wildman–Crippen MR) is 67.5 cm³/mol. The molecule has 0 aliphatic carbocycles. The van der Waals surface area contributed by atoms with Crippen LogP contribution in [-0.2, 0) is 11.0 Å². The zero-order valence-electron chi connectivity index (χ0n) is 11.9. The lowest BCUT2D eigenvalue weighted by molar-refractivity contribution is 0.189. The Labute approximate surface area is 99.3 Å². The maximum Gasteiger partial charge on any atom is 0.138 e. The summed E-state index contributed by atoms with van der Waals surface area (Å²) >= 11 is 0. The van der Waals surface area contributed by atoms with Crippen LogP contribution in [0.15, 0.2) is 6.33 Å². The van der Waals surface area contributed by atoms with Crippen LogP contribution >= 0.6 is 0 Å². The van der Waals surface area contributed by atoms with Crippen molar-refractivity contribution < 1.29 is 0 Å². The van der Waals surface area contributed by atoms with Crippen LogP contribution in [0.1, 0.15) is 61.2 Å². The maximum absolute atomic E-state index is 4.47. The van der Waals surface area contributed by atoms with Gasteiger partial charge in [-0.15, -0.1) is 0 Å². The molecule has 0 amide bonds. The van der Waals surface area contributed by atoms with Crippen molar-refractivity contribution in [3.05, 3.63) is 12.2 Å². The van der Waals surface area contributed by atoms with E-state index in [0.717, 1.165) is 5.82 Å². The molecule has 0 atom stereocenters. The van der Waals surface area contributed by atoms with Gasteiger partial charge in [-0.1, -0.05) is 34.6 Å². The topological polar surface area (TPSA) is 30.7 Å². The summed E-state index contributed by atoms with van der Waals surface area (Å²) in [4.78, 5) is 4.47. The second-order valence-electron chi connectivity index (χ2n) is 7.04. The van der Waals surface area contributed by atoms with Gasteiger partial charge in [0.05, 0.1) is 5.54 Å². The first-order chi connectivity index (χ1) is 6.98. The van der Waals surface area contributed by atoms with Crippen molar-refractivity contribution in [1.29, 1.82) is 0 Å². The van der Waals surface area contributed by atoms with Crippen molar-refractivity contribution in [3.63, 3.8) is 0 Å². The fourth-order valence-electron chi connectivity index (χ4n) is 1.49. The predicted octanol–water partition coefficient (Wildman–Crippen LogP) is 3.36. The van der Waals surface area contributed by atoms with Crippen LogP contribution in [0.3, 0.4) is 0 Å². The number of hydrogen-bond donors (Lipinski definition) is 0. The third-order valence-electron chi connectivity index (χ3n) is 3.62. The van der Waals surface area contributed by atoms with Gasteiger partial charge in [0.25, 0.3) is 0 Å². The van der Waals surface area contributed by atoms with Crippen LogP contribution in [0.5, 0.6) is 0 Å². The van der Waals surface area contributed by atoms with Gasteiger partial charge >= 0.3 is 0 Å². The fourth-order valence-corrected chi connectivity index (χ4v) is 1.49. The highest BCUT2D eigenvalue weighted by atomic mass is 15.4. The molecule has 0 aromatic carbocycles. The Morgan fingerprint density at radius 2 is 1.44 bits per heavy atom. The third-order valence-corrected chi connectivity index (χ3v) is 3.62. The van der Waals surface area contributed by atoms with Gasteiger partial charge < -0.3 is 0 Å². The minimum absolute atomic E-state index is 0.00319. The van der Waals surface area contributed by atoms with Crippen LogP contribution in [0, 0.1) is 5.41 Å². The Kier molecular flexibility index (Phi) is 2.95. The molecule has 3 heteroatoms. The molecular weight excluding hydrogens is 198 g/mol. The molecule has 0 unspecified atom stereocenters. The summed E-state index contributed by atoms with van der Waals surface area (Å²) in [7, 11) is 0. The van der Waals surface area contributed by atoms with E-state index in [9.17, 15) is 0 Å². The fraction of sp³-hybridized carbons (Fsp3) is 0.846. The Morgan fingerprint density at radius 1 is 0.938 bits per heavy atom. The molecule has 1 aromatic rings. The average molecular weight is 223 g/mol. The van der Waals surface area contributed by atoms with Crippen molar-refractivity contribution in [2.75, 3.05) is 0 Å². The molecule has 0 radical (unpaired) electrons. The molecule has 3 nitrogen and oxygen atoms in total. The van der Waals surface area contributed by atoms with Gasteiger partial charge in [0.15, 0.2) is 0 Å². The number of nitrogens with zero attached hydrogens (tertiary/aromatic N) is 3. The van der Waals surface area contributed by atoms with Crippen LogP contribution < -0.4 is 0 Å². The number of hydrogen-bond acceptors (Lipinski definition) is 2. The van der Waals surface area contributed by atoms with E-state index >= 15 is 0 Å². The molecule has 16 heavy (non-hydrogen) atoms.